The average Bonchev–Trinajstić information content (AvgIpc) is 4.11. The molecule has 3 N–H and O–H groups in total. The molecule has 6 heterocycles. The standard InChI is InChI=1S/2C20H26N4O.C19H25N5O/c1-13-9-14(2)19-16(10-13)20(21-7-6-8-24(4)5)17(12-22-19)18-11-15(3)25-23-18;1-13-9-14(2)19-16(10-13)20(21-7-6-8-24(4)5)17(12-22-19)18-11-15(3)23-25-18;1-12-9-13(2)17-15(10-12)18(20-7-6-8-24(4)5)16(11-21-17)19-23-22-14(3)25-19/h2*9-12H,6-8H2,1-5H3,(H,21,22);9-11H,6-8H2,1-5H3,(H,20,21). The van der Waals surface area contributed by atoms with Crippen molar-refractivity contribution in [2.75, 3.05) is 97.5 Å². The molecule has 0 spiro atoms. The highest BCUT2D eigenvalue weighted by molar-refractivity contribution is 6.02. The highest BCUT2D eigenvalue weighted by Crippen LogP contribution is 2.38. The van der Waals surface area contributed by atoms with Crippen molar-refractivity contribution < 1.29 is 13.5 Å². The number of benzene rings is 3. The van der Waals surface area contributed by atoms with Crippen molar-refractivity contribution in [2.24, 2.45) is 0 Å². The van der Waals surface area contributed by atoms with Gasteiger partial charge < -0.3 is 44.1 Å². The van der Waals surface area contributed by atoms with Crippen LogP contribution >= 0.6 is 0 Å². The summed E-state index contributed by atoms with van der Waals surface area (Å²) in [5.41, 5.74) is 17.9. The van der Waals surface area contributed by atoms with Crippen molar-refractivity contribution in [1.82, 2.24) is 50.2 Å². The second kappa shape index (κ2) is 25.3. The van der Waals surface area contributed by atoms with Gasteiger partial charge in [-0.1, -0.05) is 45.2 Å². The largest absolute Gasteiger partial charge is 0.421 e. The molecule has 0 saturated carbocycles. The molecule has 0 amide bonds. The molecule has 0 saturated heterocycles. The Morgan fingerprint density at radius 3 is 1.27 bits per heavy atom. The molecule has 0 aliphatic carbocycles. The summed E-state index contributed by atoms with van der Waals surface area (Å²) in [6, 6.07) is 17.0. The van der Waals surface area contributed by atoms with Gasteiger partial charge in [-0.3, -0.25) is 15.0 Å². The Morgan fingerprint density at radius 2 is 0.880 bits per heavy atom. The van der Waals surface area contributed by atoms with Gasteiger partial charge in [0.2, 0.25) is 5.89 Å². The summed E-state index contributed by atoms with van der Waals surface area (Å²) < 4.78 is 16.4. The smallest absolute Gasteiger partial charge is 0.251 e. The van der Waals surface area contributed by atoms with Crippen LogP contribution in [0.25, 0.3) is 66.7 Å². The van der Waals surface area contributed by atoms with E-state index in [1.54, 1.807) is 6.92 Å². The Hall–Kier alpha value is -7.27. The summed E-state index contributed by atoms with van der Waals surface area (Å²) in [7, 11) is 12.5. The summed E-state index contributed by atoms with van der Waals surface area (Å²) >= 11 is 0. The summed E-state index contributed by atoms with van der Waals surface area (Å²) in [6.45, 7) is 24.1. The van der Waals surface area contributed by atoms with Gasteiger partial charge in [-0.15, -0.1) is 10.2 Å². The first-order valence-corrected chi connectivity index (χ1v) is 25.9. The quantitative estimate of drug-likeness (QED) is 0.0692. The molecular weight excluding hydrogens is 939 g/mol. The van der Waals surface area contributed by atoms with E-state index in [0.717, 1.165) is 148 Å². The van der Waals surface area contributed by atoms with Crippen LogP contribution in [-0.2, 0) is 0 Å². The van der Waals surface area contributed by atoms with E-state index in [-0.39, 0.29) is 0 Å². The molecule has 9 aromatic rings. The maximum absolute atomic E-state index is 5.65. The summed E-state index contributed by atoms with van der Waals surface area (Å²) in [5.74, 6) is 2.60. The van der Waals surface area contributed by atoms with Crippen molar-refractivity contribution in [3.8, 4) is 34.0 Å². The maximum Gasteiger partial charge on any atom is 0.251 e. The number of anilines is 3. The highest BCUT2D eigenvalue weighted by Gasteiger charge is 2.19. The highest BCUT2D eigenvalue weighted by atomic mass is 16.5. The Kier molecular flexibility index (Phi) is 18.7. The minimum absolute atomic E-state index is 0.501. The molecule has 0 radical (unpaired) electrons. The van der Waals surface area contributed by atoms with Crippen molar-refractivity contribution >= 4 is 49.8 Å². The first kappa shape index (κ1) is 55.5. The predicted molar refractivity (Wildman–Crippen MR) is 307 cm³/mol. The zero-order valence-corrected chi connectivity index (χ0v) is 46.9. The lowest BCUT2D eigenvalue weighted by Crippen LogP contribution is -2.16. The van der Waals surface area contributed by atoms with Gasteiger partial charge in [-0.25, -0.2) is 0 Å². The number of aromatic nitrogens is 7. The number of fused-ring (bicyclic) bond motifs is 3. The molecule has 75 heavy (non-hydrogen) atoms. The van der Waals surface area contributed by atoms with Crippen molar-refractivity contribution in [3.05, 3.63) is 118 Å². The van der Waals surface area contributed by atoms with Crippen LogP contribution in [0.1, 0.15) is 70.0 Å². The van der Waals surface area contributed by atoms with E-state index in [0.29, 0.717) is 11.8 Å². The molecule has 16 heteroatoms. The van der Waals surface area contributed by atoms with Crippen LogP contribution in [0.3, 0.4) is 0 Å². The first-order valence-electron chi connectivity index (χ1n) is 25.9. The van der Waals surface area contributed by atoms with E-state index in [4.69, 9.17) is 18.4 Å². The van der Waals surface area contributed by atoms with Gasteiger partial charge in [0.05, 0.1) is 50.4 Å². The number of rotatable bonds is 18. The van der Waals surface area contributed by atoms with E-state index in [2.05, 4.69) is 181 Å². The zero-order chi connectivity index (χ0) is 53.9. The molecule has 3 aromatic carbocycles. The van der Waals surface area contributed by atoms with Crippen LogP contribution in [0, 0.1) is 62.3 Å². The minimum atomic E-state index is 0.501. The molecule has 0 aliphatic rings. The van der Waals surface area contributed by atoms with Crippen molar-refractivity contribution in [1.29, 1.82) is 0 Å². The van der Waals surface area contributed by atoms with Crippen LogP contribution in [0.5, 0.6) is 0 Å². The molecule has 0 aliphatic heterocycles. The topological polar surface area (TPSA) is 175 Å². The van der Waals surface area contributed by atoms with Gasteiger partial charge >= 0.3 is 0 Å². The Labute approximate surface area is 442 Å². The van der Waals surface area contributed by atoms with Gasteiger partial charge in [0, 0.05) is 79.0 Å². The van der Waals surface area contributed by atoms with Gasteiger partial charge in [0.15, 0.2) is 5.76 Å². The number of hydrogen-bond acceptors (Lipinski definition) is 16. The molecule has 16 nitrogen and oxygen atoms in total. The normalized spacial score (nSPS) is 11.4. The Morgan fingerprint density at radius 1 is 0.453 bits per heavy atom. The third-order valence-corrected chi connectivity index (χ3v) is 12.7. The van der Waals surface area contributed by atoms with Crippen LogP contribution in [0.4, 0.5) is 17.1 Å². The van der Waals surface area contributed by atoms with E-state index < -0.39 is 0 Å². The van der Waals surface area contributed by atoms with Gasteiger partial charge in [-0.05, 0) is 171 Å². The average molecular weight is 1020 g/mol. The first-order chi connectivity index (χ1) is 35.9. The molecule has 0 fully saturated rings. The molecular formula is C59H77N13O3. The minimum Gasteiger partial charge on any atom is -0.421 e. The number of hydrogen-bond donors (Lipinski definition) is 3. The summed E-state index contributed by atoms with van der Waals surface area (Å²) in [5, 5.41) is 30.6. The Bertz CT molecular complexity index is 3000. The molecule has 6 aromatic heterocycles. The molecule has 396 valence electrons. The third-order valence-electron chi connectivity index (χ3n) is 12.7. The summed E-state index contributed by atoms with van der Waals surface area (Å²) in [4.78, 5) is 20.6. The second-order valence-electron chi connectivity index (χ2n) is 20.6. The van der Waals surface area contributed by atoms with Gasteiger partial charge in [0.1, 0.15) is 11.5 Å². The third kappa shape index (κ3) is 14.3. The number of nitrogens with zero attached hydrogens (tertiary/aromatic N) is 10. The van der Waals surface area contributed by atoms with E-state index >= 15 is 0 Å². The van der Waals surface area contributed by atoms with Gasteiger partial charge in [0.25, 0.3) is 5.89 Å². The number of nitrogens with one attached hydrogen (secondary N) is 3. The fourth-order valence-corrected chi connectivity index (χ4v) is 9.31. The molecule has 9 rings (SSSR count). The SMILES string of the molecule is Cc1cc(C)c2ncc(-c3cc(C)no3)c(NCCCN(C)C)c2c1.Cc1cc(C)c2ncc(-c3cc(C)on3)c(NCCCN(C)C)c2c1.Cc1cc(C)c2ncc(-c3nnc(C)o3)c(NCCCN(C)C)c2c1. The van der Waals surface area contributed by atoms with Crippen LogP contribution in [-0.4, -0.2) is 132 Å². The zero-order valence-electron chi connectivity index (χ0n) is 46.9. The monoisotopic (exact) mass is 1020 g/mol. The fraction of sp³-hybridized carbons (Fsp3) is 0.407. The fourth-order valence-electron chi connectivity index (χ4n) is 9.31. The summed E-state index contributed by atoms with van der Waals surface area (Å²) in [6.07, 6.45) is 8.79. The van der Waals surface area contributed by atoms with Crippen molar-refractivity contribution in [3.63, 3.8) is 0 Å². The van der Waals surface area contributed by atoms with E-state index in [9.17, 15) is 0 Å². The van der Waals surface area contributed by atoms with E-state index in [1.807, 2.05) is 44.6 Å². The Balaban J connectivity index is 0.000000164. The lowest BCUT2D eigenvalue weighted by Gasteiger charge is -2.16. The predicted octanol–water partition coefficient (Wildman–Crippen LogP) is 11.9. The van der Waals surface area contributed by atoms with Crippen LogP contribution in [0.2, 0.25) is 0 Å². The maximum atomic E-state index is 5.65. The molecule has 0 unspecified atom stereocenters. The lowest BCUT2D eigenvalue weighted by atomic mass is 10.0. The van der Waals surface area contributed by atoms with Crippen LogP contribution in [0.15, 0.2) is 80.6 Å². The van der Waals surface area contributed by atoms with E-state index in [1.165, 1.54) is 33.4 Å². The lowest BCUT2D eigenvalue weighted by molar-refractivity contribution is 0.399. The molecule has 0 bridgehead atoms. The number of pyridine rings is 3. The molecule has 0 atom stereocenters. The van der Waals surface area contributed by atoms with Crippen LogP contribution < -0.4 is 16.0 Å². The second-order valence-corrected chi connectivity index (χ2v) is 20.6. The van der Waals surface area contributed by atoms with Crippen molar-refractivity contribution in [2.45, 2.75) is 81.6 Å². The van der Waals surface area contributed by atoms with Gasteiger partial charge in [-0.2, -0.15) is 0 Å². The number of aryl methyl sites for hydroxylation is 9.